The molecule has 0 heterocycles. The number of ether oxygens (including phenoxy) is 1. The Morgan fingerprint density at radius 2 is 1.88 bits per heavy atom. The van der Waals surface area contributed by atoms with Crippen LogP contribution in [0.3, 0.4) is 0 Å². The van der Waals surface area contributed by atoms with Crippen LogP contribution in [0, 0.1) is 0 Å². The van der Waals surface area contributed by atoms with Crippen molar-refractivity contribution in [2.24, 2.45) is 0 Å². The summed E-state index contributed by atoms with van der Waals surface area (Å²) in [5, 5.41) is 10.9. The van der Waals surface area contributed by atoms with E-state index in [1.54, 1.807) is 12.1 Å². The summed E-state index contributed by atoms with van der Waals surface area (Å²) in [5.41, 5.74) is 0. The Morgan fingerprint density at radius 3 is 2.59 bits per heavy atom. The lowest BCUT2D eigenvalue weighted by Gasteiger charge is -2.28. The van der Waals surface area contributed by atoms with Crippen LogP contribution in [-0.4, -0.2) is 17.3 Å². The summed E-state index contributed by atoms with van der Waals surface area (Å²) in [4.78, 5) is 0. The third-order valence-corrected chi connectivity index (χ3v) is 4.41. The molecule has 0 aliphatic heterocycles. The Morgan fingerprint density at radius 1 is 1.18 bits per heavy atom. The molecule has 0 aromatic heterocycles. The van der Waals surface area contributed by atoms with Gasteiger partial charge in [-0.25, -0.2) is 0 Å². The fourth-order valence-electron chi connectivity index (χ4n) is 1.97. The highest BCUT2D eigenvalue weighted by atomic mass is 79.9. The van der Waals surface area contributed by atoms with E-state index in [-0.39, 0.29) is 6.10 Å². The van der Waals surface area contributed by atoms with E-state index in [1.165, 1.54) is 0 Å². The Kier molecular flexibility index (Phi) is 4.59. The zero-order chi connectivity index (χ0) is 12.4. The summed E-state index contributed by atoms with van der Waals surface area (Å²) in [6, 6.07) is 3.38. The molecule has 2 nitrogen and oxygen atoms in total. The highest BCUT2D eigenvalue weighted by molar-refractivity contribution is 9.10. The summed E-state index contributed by atoms with van der Waals surface area (Å²) in [6.07, 6.45) is 3.16. The number of aliphatic hydroxyl groups excluding tert-OH is 1. The lowest BCUT2D eigenvalue weighted by atomic mass is 9.95. The van der Waals surface area contributed by atoms with E-state index >= 15 is 0 Å². The van der Waals surface area contributed by atoms with Crippen LogP contribution in [0.25, 0.3) is 0 Å². The molecule has 1 N–H and O–H groups in total. The van der Waals surface area contributed by atoms with Crippen molar-refractivity contribution in [1.82, 2.24) is 0 Å². The second-order valence-corrected chi connectivity index (χ2v) is 5.87. The Balaban J connectivity index is 2.15. The van der Waals surface area contributed by atoms with Gasteiger partial charge in [0, 0.05) is 10.5 Å². The molecule has 5 heteroatoms. The standard InChI is InChI=1S/C12H13BrCl2O2/c13-7-5-9(15)12(6-8(7)14)17-11-4-2-1-3-10(11)16/h5-6,10-11,16H,1-4H2/t10-,11-/m0/s1. The number of hydrogen-bond donors (Lipinski definition) is 1. The van der Waals surface area contributed by atoms with E-state index in [4.69, 9.17) is 27.9 Å². The average molecular weight is 340 g/mol. The van der Waals surface area contributed by atoms with E-state index in [0.717, 1.165) is 30.2 Å². The van der Waals surface area contributed by atoms with Crippen LogP contribution in [-0.2, 0) is 0 Å². The fourth-order valence-corrected chi connectivity index (χ4v) is 2.81. The molecule has 0 saturated heterocycles. The first-order valence-electron chi connectivity index (χ1n) is 5.57. The molecule has 0 spiro atoms. The monoisotopic (exact) mass is 338 g/mol. The van der Waals surface area contributed by atoms with Crippen molar-refractivity contribution >= 4 is 39.1 Å². The first-order valence-corrected chi connectivity index (χ1v) is 7.12. The van der Waals surface area contributed by atoms with Gasteiger partial charge in [0.2, 0.25) is 0 Å². The zero-order valence-corrected chi connectivity index (χ0v) is 12.2. The minimum atomic E-state index is -0.415. The minimum absolute atomic E-state index is 0.182. The largest absolute Gasteiger partial charge is 0.486 e. The third-order valence-electron chi connectivity index (χ3n) is 2.92. The first kappa shape index (κ1) is 13.5. The molecule has 94 valence electrons. The molecule has 1 saturated carbocycles. The van der Waals surface area contributed by atoms with Gasteiger partial charge in [0.1, 0.15) is 11.9 Å². The van der Waals surface area contributed by atoms with Crippen LogP contribution >= 0.6 is 39.1 Å². The van der Waals surface area contributed by atoms with E-state index in [2.05, 4.69) is 15.9 Å². The molecule has 0 unspecified atom stereocenters. The fraction of sp³-hybridized carbons (Fsp3) is 0.500. The van der Waals surface area contributed by atoms with Crippen molar-refractivity contribution in [3.8, 4) is 5.75 Å². The second kappa shape index (κ2) is 5.79. The van der Waals surface area contributed by atoms with Gasteiger partial charge in [-0.15, -0.1) is 0 Å². The van der Waals surface area contributed by atoms with Crippen molar-refractivity contribution in [2.45, 2.75) is 37.9 Å². The maximum absolute atomic E-state index is 9.83. The molecular formula is C12H13BrCl2O2. The molecule has 1 aliphatic carbocycles. The highest BCUT2D eigenvalue weighted by Gasteiger charge is 2.25. The van der Waals surface area contributed by atoms with Crippen LogP contribution in [0.15, 0.2) is 16.6 Å². The second-order valence-electron chi connectivity index (χ2n) is 4.20. The van der Waals surface area contributed by atoms with Gasteiger partial charge in [0.25, 0.3) is 0 Å². The molecular weight excluding hydrogens is 327 g/mol. The van der Waals surface area contributed by atoms with Crippen molar-refractivity contribution < 1.29 is 9.84 Å². The number of rotatable bonds is 2. The average Bonchev–Trinajstić information content (AvgIpc) is 2.29. The minimum Gasteiger partial charge on any atom is -0.486 e. The lowest BCUT2D eigenvalue weighted by Crippen LogP contribution is -2.34. The molecule has 1 aliphatic rings. The number of hydrogen-bond acceptors (Lipinski definition) is 2. The summed E-state index contributed by atoms with van der Waals surface area (Å²) >= 11 is 15.4. The van der Waals surface area contributed by atoms with Crippen molar-refractivity contribution in [3.63, 3.8) is 0 Å². The quantitative estimate of drug-likeness (QED) is 0.807. The molecule has 1 aromatic carbocycles. The molecule has 0 bridgehead atoms. The highest BCUT2D eigenvalue weighted by Crippen LogP contribution is 2.36. The molecule has 1 fully saturated rings. The Bertz CT molecular complexity index is 412. The number of benzene rings is 1. The maximum Gasteiger partial charge on any atom is 0.140 e. The number of halogens is 3. The predicted octanol–water partition coefficient (Wildman–Crippen LogP) is 4.44. The summed E-state index contributed by atoms with van der Waals surface area (Å²) in [7, 11) is 0. The normalized spacial score (nSPS) is 24.7. The molecule has 17 heavy (non-hydrogen) atoms. The van der Waals surface area contributed by atoms with Crippen LogP contribution in [0.1, 0.15) is 25.7 Å². The molecule has 0 radical (unpaired) electrons. The van der Waals surface area contributed by atoms with Gasteiger partial charge in [-0.1, -0.05) is 29.6 Å². The van der Waals surface area contributed by atoms with E-state index in [0.29, 0.717) is 15.8 Å². The van der Waals surface area contributed by atoms with Gasteiger partial charge in [0.15, 0.2) is 0 Å². The van der Waals surface area contributed by atoms with Crippen molar-refractivity contribution in [2.75, 3.05) is 0 Å². The molecule has 2 rings (SSSR count). The van der Waals surface area contributed by atoms with Crippen LogP contribution in [0.5, 0.6) is 5.75 Å². The van der Waals surface area contributed by atoms with Gasteiger partial charge in [0.05, 0.1) is 16.1 Å². The SMILES string of the molecule is O[C@H]1CCCC[C@@H]1Oc1cc(Cl)c(Br)cc1Cl. The van der Waals surface area contributed by atoms with Crippen molar-refractivity contribution in [1.29, 1.82) is 0 Å². The van der Waals surface area contributed by atoms with Gasteiger partial charge >= 0.3 is 0 Å². The summed E-state index contributed by atoms with van der Waals surface area (Å²) < 4.78 is 6.48. The van der Waals surface area contributed by atoms with Crippen molar-refractivity contribution in [3.05, 3.63) is 26.7 Å². The zero-order valence-electron chi connectivity index (χ0n) is 9.13. The Labute approximate surface area is 119 Å². The van der Waals surface area contributed by atoms with Gasteiger partial charge in [-0.3, -0.25) is 0 Å². The van der Waals surface area contributed by atoms with Crippen LogP contribution in [0.2, 0.25) is 10.0 Å². The van der Waals surface area contributed by atoms with Gasteiger partial charge < -0.3 is 9.84 Å². The summed E-state index contributed by atoms with van der Waals surface area (Å²) in [5.74, 6) is 0.533. The Hall–Kier alpha value is 0.0400. The van der Waals surface area contributed by atoms with Crippen LogP contribution < -0.4 is 4.74 Å². The van der Waals surface area contributed by atoms with Gasteiger partial charge in [-0.05, 0) is 41.3 Å². The maximum atomic E-state index is 9.83. The summed E-state index contributed by atoms with van der Waals surface area (Å²) in [6.45, 7) is 0. The topological polar surface area (TPSA) is 29.5 Å². The third kappa shape index (κ3) is 3.28. The molecule has 1 aromatic rings. The lowest BCUT2D eigenvalue weighted by molar-refractivity contribution is 0.00693. The van der Waals surface area contributed by atoms with Crippen LogP contribution in [0.4, 0.5) is 0 Å². The van der Waals surface area contributed by atoms with E-state index in [1.807, 2.05) is 0 Å². The number of aliphatic hydroxyl groups is 1. The van der Waals surface area contributed by atoms with E-state index < -0.39 is 6.10 Å². The smallest absolute Gasteiger partial charge is 0.140 e. The molecule has 0 amide bonds. The van der Waals surface area contributed by atoms with E-state index in [9.17, 15) is 5.11 Å². The predicted molar refractivity (Wildman–Crippen MR) is 73.1 cm³/mol. The molecule has 2 atom stereocenters. The first-order chi connectivity index (χ1) is 8.08. The van der Waals surface area contributed by atoms with Gasteiger partial charge in [-0.2, -0.15) is 0 Å².